The summed E-state index contributed by atoms with van der Waals surface area (Å²) < 4.78 is 0. The van der Waals surface area contributed by atoms with Gasteiger partial charge < -0.3 is 15.7 Å². The van der Waals surface area contributed by atoms with Crippen molar-refractivity contribution in [3.8, 4) is 0 Å². The molecule has 0 bridgehead atoms. The van der Waals surface area contributed by atoms with E-state index in [1.54, 1.807) is 0 Å². The molecule has 0 aromatic carbocycles. The second-order valence-electron chi connectivity index (χ2n) is 4.50. The van der Waals surface area contributed by atoms with Crippen LogP contribution in [-0.4, -0.2) is 40.5 Å². The van der Waals surface area contributed by atoms with E-state index in [4.69, 9.17) is 5.73 Å². The lowest BCUT2D eigenvalue weighted by atomic mass is 10.2. The molecule has 1 aliphatic heterocycles. The van der Waals surface area contributed by atoms with Crippen LogP contribution in [0.2, 0.25) is 0 Å². The van der Waals surface area contributed by atoms with Crippen molar-refractivity contribution in [2.45, 2.75) is 37.8 Å². The molecule has 2 aliphatic rings. The smallest absolute Gasteiger partial charge is 0.240 e. The number of hydrogen-bond acceptors (Lipinski definition) is 3. The number of aliphatic hydroxyl groups is 1. The van der Waals surface area contributed by atoms with Gasteiger partial charge in [-0.3, -0.25) is 9.59 Å². The minimum absolute atomic E-state index is 0.0437. The summed E-state index contributed by atoms with van der Waals surface area (Å²) in [6.45, 7) is 0.249. The van der Waals surface area contributed by atoms with Crippen molar-refractivity contribution in [1.82, 2.24) is 4.90 Å². The molecule has 2 amide bonds. The number of carbonyl (C=O) groups is 2. The summed E-state index contributed by atoms with van der Waals surface area (Å²) in [5, 5.41) is 9.42. The van der Waals surface area contributed by atoms with Gasteiger partial charge in [0.05, 0.1) is 6.10 Å². The number of β-amino-alcohol motifs (C(OH)–C–C–N with tert-alkyl or cyclic N) is 1. The van der Waals surface area contributed by atoms with Crippen LogP contribution in [0.4, 0.5) is 0 Å². The molecule has 0 aromatic rings. The van der Waals surface area contributed by atoms with Gasteiger partial charge in [0.15, 0.2) is 0 Å². The summed E-state index contributed by atoms with van der Waals surface area (Å²) in [7, 11) is 0. The van der Waals surface area contributed by atoms with Crippen molar-refractivity contribution in [3.63, 3.8) is 0 Å². The van der Waals surface area contributed by atoms with Crippen molar-refractivity contribution in [2.75, 3.05) is 6.54 Å². The van der Waals surface area contributed by atoms with Gasteiger partial charge in [0.2, 0.25) is 11.8 Å². The monoisotopic (exact) mass is 212 g/mol. The molecular weight excluding hydrogens is 196 g/mol. The van der Waals surface area contributed by atoms with E-state index in [0.717, 1.165) is 12.8 Å². The summed E-state index contributed by atoms with van der Waals surface area (Å²) in [6, 6.07) is -0.605. The van der Waals surface area contributed by atoms with Gasteiger partial charge >= 0.3 is 0 Å². The van der Waals surface area contributed by atoms with Crippen LogP contribution < -0.4 is 5.73 Å². The van der Waals surface area contributed by atoms with Crippen LogP contribution in [0.25, 0.3) is 0 Å². The van der Waals surface area contributed by atoms with Crippen molar-refractivity contribution < 1.29 is 14.7 Å². The van der Waals surface area contributed by atoms with E-state index in [1.807, 2.05) is 0 Å². The lowest BCUT2D eigenvalue weighted by Gasteiger charge is -2.21. The molecule has 1 aliphatic carbocycles. The van der Waals surface area contributed by atoms with Crippen molar-refractivity contribution in [1.29, 1.82) is 0 Å². The normalized spacial score (nSPS) is 30.6. The van der Waals surface area contributed by atoms with Gasteiger partial charge in [-0.1, -0.05) is 0 Å². The molecular formula is C10H16N2O3. The van der Waals surface area contributed by atoms with Gasteiger partial charge in [0.1, 0.15) is 6.04 Å². The number of aliphatic hydroxyl groups excluding tert-OH is 1. The van der Waals surface area contributed by atoms with Gasteiger partial charge in [-0.05, 0) is 18.8 Å². The van der Waals surface area contributed by atoms with Crippen LogP contribution in [0.3, 0.4) is 0 Å². The molecule has 5 heteroatoms. The summed E-state index contributed by atoms with van der Waals surface area (Å²) in [6.07, 6.45) is 2.38. The number of rotatable bonds is 3. The van der Waals surface area contributed by atoms with Gasteiger partial charge in [-0.2, -0.15) is 0 Å². The topological polar surface area (TPSA) is 83.6 Å². The average Bonchev–Trinajstić information content (AvgIpc) is 2.86. The highest BCUT2D eigenvalue weighted by atomic mass is 16.3. The molecule has 0 spiro atoms. The summed E-state index contributed by atoms with van der Waals surface area (Å²) in [5.74, 6) is -0.0719. The standard InChI is InChI=1S/C10H16N2O3/c11-10(15)8-4-7(13)5-12(8)9(14)3-6-1-2-6/h6-8,13H,1-5H2,(H2,11,15). The Morgan fingerprint density at radius 2 is 2.07 bits per heavy atom. The maximum Gasteiger partial charge on any atom is 0.240 e. The van der Waals surface area contributed by atoms with Crippen LogP contribution in [0, 0.1) is 5.92 Å². The van der Waals surface area contributed by atoms with E-state index in [0.29, 0.717) is 12.3 Å². The first-order valence-corrected chi connectivity index (χ1v) is 5.34. The lowest BCUT2D eigenvalue weighted by molar-refractivity contribution is -0.137. The zero-order chi connectivity index (χ0) is 11.0. The number of amides is 2. The predicted molar refractivity (Wildman–Crippen MR) is 52.7 cm³/mol. The third-order valence-electron chi connectivity index (χ3n) is 3.09. The maximum atomic E-state index is 11.8. The zero-order valence-electron chi connectivity index (χ0n) is 8.56. The highest BCUT2D eigenvalue weighted by Crippen LogP contribution is 2.33. The van der Waals surface area contributed by atoms with Crippen LogP contribution >= 0.6 is 0 Å². The Labute approximate surface area is 88.2 Å². The van der Waals surface area contributed by atoms with Crippen LogP contribution in [0.5, 0.6) is 0 Å². The molecule has 2 fully saturated rings. The molecule has 3 N–H and O–H groups in total. The zero-order valence-corrected chi connectivity index (χ0v) is 8.56. The van der Waals surface area contributed by atoms with E-state index < -0.39 is 18.1 Å². The van der Waals surface area contributed by atoms with Gasteiger partial charge in [-0.25, -0.2) is 0 Å². The third kappa shape index (κ3) is 2.28. The molecule has 2 atom stereocenters. The first-order chi connectivity index (χ1) is 7.08. The second kappa shape index (κ2) is 3.81. The Kier molecular flexibility index (Phi) is 2.65. The van der Waals surface area contributed by atoms with Crippen LogP contribution in [0.1, 0.15) is 25.7 Å². The molecule has 15 heavy (non-hydrogen) atoms. The van der Waals surface area contributed by atoms with Crippen LogP contribution in [-0.2, 0) is 9.59 Å². The van der Waals surface area contributed by atoms with Crippen molar-refractivity contribution in [3.05, 3.63) is 0 Å². The second-order valence-corrected chi connectivity index (χ2v) is 4.50. The minimum Gasteiger partial charge on any atom is -0.391 e. The number of carbonyl (C=O) groups excluding carboxylic acids is 2. The van der Waals surface area contributed by atoms with Gasteiger partial charge in [0, 0.05) is 19.4 Å². The molecule has 1 saturated heterocycles. The van der Waals surface area contributed by atoms with Crippen molar-refractivity contribution in [2.24, 2.45) is 11.7 Å². The molecule has 2 unspecified atom stereocenters. The summed E-state index contributed by atoms with van der Waals surface area (Å²) >= 11 is 0. The maximum absolute atomic E-state index is 11.8. The molecule has 0 radical (unpaired) electrons. The molecule has 1 saturated carbocycles. The number of nitrogens with two attached hydrogens (primary N) is 1. The fraction of sp³-hybridized carbons (Fsp3) is 0.800. The van der Waals surface area contributed by atoms with E-state index >= 15 is 0 Å². The number of hydrogen-bond donors (Lipinski definition) is 2. The van der Waals surface area contributed by atoms with E-state index in [-0.39, 0.29) is 18.9 Å². The Morgan fingerprint density at radius 1 is 1.40 bits per heavy atom. The highest BCUT2D eigenvalue weighted by Gasteiger charge is 2.39. The fourth-order valence-electron chi connectivity index (χ4n) is 2.05. The minimum atomic E-state index is -0.606. The fourth-order valence-corrected chi connectivity index (χ4v) is 2.05. The van der Waals surface area contributed by atoms with Crippen LogP contribution in [0.15, 0.2) is 0 Å². The summed E-state index contributed by atoms with van der Waals surface area (Å²) in [4.78, 5) is 24.3. The Hall–Kier alpha value is -1.10. The van der Waals surface area contributed by atoms with Crippen molar-refractivity contribution >= 4 is 11.8 Å². The van der Waals surface area contributed by atoms with Gasteiger partial charge in [0.25, 0.3) is 0 Å². The first kappa shape index (κ1) is 10.4. The summed E-state index contributed by atoms with van der Waals surface area (Å²) in [5.41, 5.74) is 5.19. The van der Waals surface area contributed by atoms with E-state index in [1.165, 1.54) is 4.90 Å². The SMILES string of the molecule is NC(=O)C1CC(O)CN1C(=O)CC1CC1. The largest absolute Gasteiger partial charge is 0.391 e. The molecule has 5 nitrogen and oxygen atoms in total. The average molecular weight is 212 g/mol. The van der Waals surface area contributed by atoms with E-state index in [9.17, 15) is 14.7 Å². The molecule has 84 valence electrons. The first-order valence-electron chi connectivity index (χ1n) is 5.34. The van der Waals surface area contributed by atoms with E-state index in [2.05, 4.69) is 0 Å². The third-order valence-corrected chi connectivity index (χ3v) is 3.09. The quantitative estimate of drug-likeness (QED) is 0.644. The Morgan fingerprint density at radius 3 is 2.60 bits per heavy atom. The molecule has 1 heterocycles. The number of likely N-dealkylation sites (tertiary alicyclic amines) is 1. The highest BCUT2D eigenvalue weighted by molar-refractivity contribution is 5.87. The molecule has 2 rings (SSSR count). The number of nitrogens with zero attached hydrogens (tertiary/aromatic N) is 1. The Balaban J connectivity index is 1.98. The lowest BCUT2D eigenvalue weighted by Crippen LogP contribution is -2.43. The predicted octanol–water partition coefficient (Wildman–Crippen LogP) is -0.766. The van der Waals surface area contributed by atoms with Gasteiger partial charge in [-0.15, -0.1) is 0 Å². The number of primary amides is 1. The Bertz CT molecular complexity index is 288. The molecule has 0 aromatic heterocycles.